The molecule has 0 saturated heterocycles. The van der Waals surface area contributed by atoms with E-state index in [-0.39, 0.29) is 5.71 Å². The van der Waals surface area contributed by atoms with E-state index in [4.69, 9.17) is 14.3 Å². The van der Waals surface area contributed by atoms with Gasteiger partial charge in [-0.05, 0) is 48.5 Å². The molecule has 1 aromatic carbocycles. The van der Waals surface area contributed by atoms with E-state index in [1.807, 2.05) is 6.07 Å². The van der Waals surface area contributed by atoms with Crippen molar-refractivity contribution in [2.24, 2.45) is 5.16 Å². The standard InChI is InChI=1S/C20H29N3O6/c1-18(2,3)27-16(25)21-23(17(26)28-19(4,5)6)20(7)14(22-29-15(20)24)13-11-9-8-10-12-13/h8-12,15,24H,1-7H3,(H,21,25). The highest BCUT2D eigenvalue weighted by atomic mass is 16.7. The van der Waals surface area contributed by atoms with Crippen LogP contribution in [0.2, 0.25) is 0 Å². The molecule has 1 aliphatic rings. The second kappa shape index (κ2) is 7.90. The molecule has 1 aliphatic heterocycles. The van der Waals surface area contributed by atoms with Crippen molar-refractivity contribution in [3.8, 4) is 0 Å². The number of carbonyl (C=O) groups is 2. The molecule has 2 rings (SSSR count). The van der Waals surface area contributed by atoms with Crippen molar-refractivity contribution in [3.05, 3.63) is 35.9 Å². The molecule has 29 heavy (non-hydrogen) atoms. The minimum atomic E-state index is -1.58. The third kappa shape index (κ3) is 5.38. The van der Waals surface area contributed by atoms with Crippen LogP contribution in [0.5, 0.6) is 0 Å². The highest BCUT2D eigenvalue weighted by Gasteiger charge is 2.55. The van der Waals surface area contributed by atoms with Gasteiger partial charge in [-0.1, -0.05) is 35.5 Å². The van der Waals surface area contributed by atoms with Crippen LogP contribution in [-0.4, -0.2) is 51.0 Å². The first-order valence-electron chi connectivity index (χ1n) is 9.25. The van der Waals surface area contributed by atoms with Crippen molar-refractivity contribution >= 4 is 17.9 Å². The lowest BCUT2D eigenvalue weighted by Crippen LogP contribution is -2.66. The number of aliphatic hydroxyl groups excluding tert-OH is 1. The summed E-state index contributed by atoms with van der Waals surface area (Å²) in [7, 11) is 0. The van der Waals surface area contributed by atoms with E-state index < -0.39 is 35.2 Å². The molecular weight excluding hydrogens is 378 g/mol. The first-order chi connectivity index (χ1) is 13.2. The molecule has 2 N–H and O–H groups in total. The van der Waals surface area contributed by atoms with Gasteiger partial charge in [0.1, 0.15) is 16.9 Å². The summed E-state index contributed by atoms with van der Waals surface area (Å²) in [5.41, 5.74) is -0.00277. The normalized spacial score (nSPS) is 21.7. The van der Waals surface area contributed by atoms with E-state index in [9.17, 15) is 14.7 Å². The monoisotopic (exact) mass is 407 g/mol. The lowest BCUT2D eigenvalue weighted by Gasteiger charge is -2.39. The average Bonchev–Trinajstić information content (AvgIpc) is 2.86. The van der Waals surface area contributed by atoms with Crippen LogP contribution >= 0.6 is 0 Å². The molecule has 2 atom stereocenters. The third-order valence-electron chi connectivity index (χ3n) is 3.89. The Morgan fingerprint density at radius 3 is 2.17 bits per heavy atom. The molecule has 0 aliphatic carbocycles. The molecule has 1 aromatic rings. The van der Waals surface area contributed by atoms with Gasteiger partial charge in [0.25, 0.3) is 6.29 Å². The summed E-state index contributed by atoms with van der Waals surface area (Å²) in [6.45, 7) is 11.6. The van der Waals surface area contributed by atoms with E-state index in [2.05, 4.69) is 10.6 Å². The van der Waals surface area contributed by atoms with Gasteiger partial charge in [-0.2, -0.15) is 5.01 Å². The first kappa shape index (κ1) is 22.5. The Bertz CT molecular complexity index is 782. The summed E-state index contributed by atoms with van der Waals surface area (Å²) in [4.78, 5) is 30.5. The Balaban J connectivity index is 2.45. The molecule has 2 unspecified atom stereocenters. The number of oxime groups is 1. The number of carbonyl (C=O) groups excluding carboxylic acids is 2. The van der Waals surface area contributed by atoms with Gasteiger partial charge in [-0.25, -0.2) is 15.0 Å². The topological polar surface area (TPSA) is 110 Å². The minimum Gasteiger partial charge on any atom is -0.443 e. The van der Waals surface area contributed by atoms with Gasteiger partial charge in [0, 0.05) is 5.56 Å². The summed E-state index contributed by atoms with van der Waals surface area (Å²) < 4.78 is 10.7. The van der Waals surface area contributed by atoms with E-state index in [1.54, 1.807) is 65.8 Å². The predicted molar refractivity (Wildman–Crippen MR) is 106 cm³/mol. The number of rotatable bonds is 2. The van der Waals surface area contributed by atoms with E-state index >= 15 is 0 Å². The number of hydrogen-bond donors (Lipinski definition) is 2. The van der Waals surface area contributed by atoms with Gasteiger partial charge in [0.2, 0.25) is 0 Å². The van der Waals surface area contributed by atoms with Crippen LogP contribution in [-0.2, 0) is 14.3 Å². The summed E-state index contributed by atoms with van der Waals surface area (Å²) >= 11 is 0. The quantitative estimate of drug-likeness (QED) is 0.729. The van der Waals surface area contributed by atoms with Gasteiger partial charge >= 0.3 is 12.2 Å². The molecule has 160 valence electrons. The number of hydrazine groups is 1. The van der Waals surface area contributed by atoms with E-state index in [0.29, 0.717) is 5.56 Å². The zero-order chi connectivity index (χ0) is 22.0. The first-order valence-corrected chi connectivity index (χ1v) is 9.25. The number of ether oxygens (including phenoxy) is 2. The van der Waals surface area contributed by atoms with Gasteiger partial charge in [-0.3, -0.25) is 0 Å². The highest BCUT2D eigenvalue weighted by molar-refractivity contribution is 6.09. The van der Waals surface area contributed by atoms with Crippen LogP contribution in [0.3, 0.4) is 0 Å². The van der Waals surface area contributed by atoms with Gasteiger partial charge in [0.05, 0.1) is 0 Å². The van der Waals surface area contributed by atoms with Crippen LogP contribution in [0.1, 0.15) is 54.0 Å². The maximum absolute atomic E-state index is 13.0. The summed E-state index contributed by atoms with van der Waals surface area (Å²) in [5, 5.41) is 15.4. The molecule has 1 heterocycles. The second-order valence-corrected chi connectivity index (χ2v) is 8.84. The molecule has 0 spiro atoms. The molecule has 9 nitrogen and oxygen atoms in total. The fourth-order valence-corrected chi connectivity index (χ4v) is 2.62. The SMILES string of the molecule is CC(C)(C)OC(=O)NN(C(=O)OC(C)(C)C)C1(C)C(c2ccccc2)=NOC1O. The van der Waals surface area contributed by atoms with Gasteiger partial charge in [0.15, 0.2) is 5.54 Å². The van der Waals surface area contributed by atoms with Gasteiger partial charge in [-0.15, -0.1) is 0 Å². The van der Waals surface area contributed by atoms with Crippen molar-refractivity contribution < 1.29 is 29.0 Å². The Morgan fingerprint density at radius 1 is 1.10 bits per heavy atom. The molecular formula is C20H29N3O6. The summed E-state index contributed by atoms with van der Waals surface area (Å²) in [5.74, 6) is 0. The fraction of sp³-hybridized carbons (Fsp3) is 0.550. The predicted octanol–water partition coefficient (Wildman–Crippen LogP) is 3.17. The fourth-order valence-electron chi connectivity index (χ4n) is 2.62. The van der Waals surface area contributed by atoms with Crippen molar-refractivity contribution in [2.75, 3.05) is 0 Å². The maximum atomic E-state index is 13.0. The van der Waals surface area contributed by atoms with Crippen LogP contribution in [0.25, 0.3) is 0 Å². The molecule has 0 bridgehead atoms. The van der Waals surface area contributed by atoms with Crippen LogP contribution in [0.4, 0.5) is 9.59 Å². The number of aliphatic hydroxyl groups is 1. The summed E-state index contributed by atoms with van der Waals surface area (Å²) in [6.07, 6.45) is -3.35. The Morgan fingerprint density at radius 2 is 1.66 bits per heavy atom. The number of nitrogens with one attached hydrogen (secondary N) is 1. The zero-order valence-electron chi connectivity index (χ0n) is 17.8. The lowest BCUT2D eigenvalue weighted by molar-refractivity contribution is -0.144. The van der Waals surface area contributed by atoms with Crippen molar-refractivity contribution in [3.63, 3.8) is 0 Å². The van der Waals surface area contributed by atoms with Crippen molar-refractivity contribution in [1.82, 2.24) is 10.4 Å². The Kier molecular flexibility index (Phi) is 6.13. The Hall–Kier alpha value is -2.81. The van der Waals surface area contributed by atoms with Crippen molar-refractivity contribution in [2.45, 2.75) is 71.5 Å². The largest absolute Gasteiger partial charge is 0.443 e. The molecule has 9 heteroatoms. The number of benzene rings is 1. The molecule has 0 radical (unpaired) electrons. The molecule has 0 saturated carbocycles. The van der Waals surface area contributed by atoms with E-state index in [1.165, 1.54) is 6.92 Å². The molecule has 2 amide bonds. The molecule has 0 fully saturated rings. The third-order valence-corrected chi connectivity index (χ3v) is 3.89. The van der Waals surface area contributed by atoms with E-state index in [0.717, 1.165) is 5.01 Å². The van der Waals surface area contributed by atoms with Crippen molar-refractivity contribution in [1.29, 1.82) is 0 Å². The zero-order valence-corrected chi connectivity index (χ0v) is 17.8. The molecule has 0 aromatic heterocycles. The van der Waals surface area contributed by atoms with Gasteiger partial charge < -0.3 is 19.4 Å². The van der Waals surface area contributed by atoms with Crippen LogP contribution in [0, 0.1) is 0 Å². The smallest absolute Gasteiger partial charge is 0.430 e. The second-order valence-electron chi connectivity index (χ2n) is 8.84. The summed E-state index contributed by atoms with van der Waals surface area (Å²) in [6, 6.07) is 8.88. The Labute approximate surface area is 170 Å². The number of hydrogen-bond acceptors (Lipinski definition) is 7. The van der Waals surface area contributed by atoms with Crippen LogP contribution in [0.15, 0.2) is 35.5 Å². The van der Waals surface area contributed by atoms with Crippen LogP contribution < -0.4 is 5.43 Å². The maximum Gasteiger partial charge on any atom is 0.430 e. The number of nitrogens with zero attached hydrogens (tertiary/aromatic N) is 2. The number of amides is 2. The minimum absolute atomic E-state index is 0.243. The highest BCUT2D eigenvalue weighted by Crippen LogP contribution is 2.32. The lowest BCUT2D eigenvalue weighted by atomic mass is 9.89. The average molecular weight is 407 g/mol.